The van der Waals surface area contributed by atoms with Gasteiger partial charge in [-0.15, -0.1) is 0 Å². The number of ketones is 1. The zero-order valence-corrected chi connectivity index (χ0v) is 22.7. The summed E-state index contributed by atoms with van der Waals surface area (Å²) in [6.45, 7) is 0.251. The van der Waals surface area contributed by atoms with Crippen molar-refractivity contribution < 1.29 is 19.4 Å². The number of aliphatic hydroxyl groups is 1. The molecule has 1 atom stereocenters. The van der Waals surface area contributed by atoms with Gasteiger partial charge in [0.25, 0.3) is 11.7 Å². The van der Waals surface area contributed by atoms with Gasteiger partial charge in [-0.3, -0.25) is 9.59 Å². The lowest BCUT2D eigenvalue weighted by molar-refractivity contribution is -0.139. The number of carbonyl (C=O) groups excluding carboxylic acids is 2. The number of amides is 1. The number of likely N-dealkylation sites (tertiary alicyclic amines) is 1. The van der Waals surface area contributed by atoms with Crippen LogP contribution in [0.5, 0.6) is 5.75 Å². The van der Waals surface area contributed by atoms with E-state index in [9.17, 15) is 14.7 Å². The molecular weight excluding hydrogens is 579 g/mol. The highest BCUT2D eigenvalue weighted by molar-refractivity contribution is 9.10. The summed E-state index contributed by atoms with van der Waals surface area (Å²) in [5, 5.41) is 12.8. The molecule has 9 heteroatoms. The summed E-state index contributed by atoms with van der Waals surface area (Å²) in [5.74, 6) is -1.07. The summed E-state index contributed by atoms with van der Waals surface area (Å²) in [4.78, 5) is 31.3. The molecule has 5 rings (SSSR count). The zero-order chi connectivity index (χ0) is 26.3. The number of aromatic nitrogens is 1. The van der Waals surface area contributed by atoms with Crippen LogP contribution in [-0.4, -0.2) is 40.3 Å². The Morgan fingerprint density at radius 2 is 1.84 bits per heavy atom. The summed E-state index contributed by atoms with van der Waals surface area (Å²) in [6.07, 6.45) is 2.37. The van der Waals surface area contributed by atoms with Crippen LogP contribution in [0.3, 0.4) is 0 Å². The minimum atomic E-state index is -0.792. The average Bonchev–Trinajstić information content (AvgIpc) is 3.40. The molecule has 1 fully saturated rings. The van der Waals surface area contributed by atoms with Gasteiger partial charge in [-0.25, -0.2) is 0 Å². The van der Waals surface area contributed by atoms with Gasteiger partial charge in [-0.05, 0) is 66.1 Å². The van der Waals surface area contributed by atoms with E-state index in [-0.39, 0.29) is 28.5 Å². The molecule has 0 radical (unpaired) electrons. The Balaban J connectivity index is 1.57. The predicted octanol–water partition coefficient (Wildman–Crippen LogP) is 6.91. The molecule has 0 saturated carbocycles. The van der Waals surface area contributed by atoms with Crippen LogP contribution in [0.25, 0.3) is 16.7 Å². The van der Waals surface area contributed by atoms with E-state index < -0.39 is 17.7 Å². The summed E-state index contributed by atoms with van der Waals surface area (Å²) in [5.41, 5.74) is 2.83. The highest BCUT2D eigenvalue weighted by Gasteiger charge is 2.46. The molecule has 1 unspecified atom stereocenters. The van der Waals surface area contributed by atoms with E-state index in [1.165, 1.54) is 17.0 Å². The van der Waals surface area contributed by atoms with Crippen LogP contribution >= 0.6 is 39.1 Å². The van der Waals surface area contributed by atoms with Gasteiger partial charge < -0.3 is 19.7 Å². The molecule has 1 aromatic heterocycles. The second-order valence-corrected chi connectivity index (χ2v) is 10.4. The molecule has 1 aliphatic heterocycles. The smallest absolute Gasteiger partial charge is 0.295 e. The lowest BCUT2D eigenvalue weighted by Gasteiger charge is -2.25. The van der Waals surface area contributed by atoms with Gasteiger partial charge >= 0.3 is 0 Å². The SMILES string of the molecule is COc1ccc2[nH]cc(CCN3C(=O)C(=O)/C(=C(\O)c4ccc(Cl)cc4Cl)C3c3ccc(Br)cc3)c2c1. The third kappa shape index (κ3) is 4.75. The molecule has 188 valence electrons. The van der Waals surface area contributed by atoms with Crippen molar-refractivity contribution >= 4 is 67.5 Å². The Morgan fingerprint density at radius 3 is 2.54 bits per heavy atom. The van der Waals surface area contributed by atoms with Crippen molar-refractivity contribution in [1.29, 1.82) is 0 Å². The largest absolute Gasteiger partial charge is 0.507 e. The summed E-state index contributed by atoms with van der Waals surface area (Å²) in [7, 11) is 1.61. The number of hydrogen-bond donors (Lipinski definition) is 2. The predicted molar refractivity (Wildman–Crippen MR) is 148 cm³/mol. The van der Waals surface area contributed by atoms with Crippen LogP contribution < -0.4 is 4.74 Å². The number of hydrogen-bond acceptors (Lipinski definition) is 4. The molecule has 0 aliphatic carbocycles. The summed E-state index contributed by atoms with van der Waals surface area (Å²) in [6, 6.07) is 16.8. The minimum absolute atomic E-state index is 0.0165. The molecule has 2 heterocycles. The van der Waals surface area contributed by atoms with Gasteiger partial charge in [0.05, 0.1) is 23.7 Å². The number of benzene rings is 3. The highest BCUT2D eigenvalue weighted by Crippen LogP contribution is 2.41. The third-order valence-electron chi connectivity index (χ3n) is 6.51. The Labute approximate surface area is 231 Å². The average molecular weight is 600 g/mol. The van der Waals surface area contributed by atoms with Crippen LogP contribution in [0.2, 0.25) is 10.0 Å². The van der Waals surface area contributed by atoms with Crippen molar-refractivity contribution in [3.8, 4) is 5.75 Å². The van der Waals surface area contributed by atoms with Gasteiger partial charge in [0.15, 0.2) is 0 Å². The first-order valence-corrected chi connectivity index (χ1v) is 13.0. The molecular formula is C28H21BrCl2N2O4. The molecule has 0 bridgehead atoms. The van der Waals surface area contributed by atoms with Crippen LogP contribution in [-0.2, 0) is 16.0 Å². The maximum Gasteiger partial charge on any atom is 0.295 e. The maximum atomic E-state index is 13.3. The molecule has 1 saturated heterocycles. The second-order valence-electron chi connectivity index (χ2n) is 8.64. The van der Waals surface area contributed by atoms with Crippen LogP contribution in [0.15, 0.2) is 76.9 Å². The molecule has 1 amide bonds. The van der Waals surface area contributed by atoms with Gasteiger partial charge in [0.2, 0.25) is 0 Å². The Morgan fingerprint density at radius 1 is 1.08 bits per heavy atom. The number of ether oxygens (including phenoxy) is 1. The van der Waals surface area contributed by atoms with E-state index in [1.54, 1.807) is 13.2 Å². The van der Waals surface area contributed by atoms with E-state index in [4.69, 9.17) is 27.9 Å². The summed E-state index contributed by atoms with van der Waals surface area (Å²) >= 11 is 15.8. The number of aliphatic hydroxyl groups excluding tert-OH is 1. The number of carbonyl (C=O) groups is 2. The number of rotatable bonds is 6. The van der Waals surface area contributed by atoms with Gasteiger partial charge in [-0.1, -0.05) is 51.3 Å². The fourth-order valence-electron chi connectivity index (χ4n) is 4.66. The first kappa shape index (κ1) is 25.4. The topological polar surface area (TPSA) is 82.6 Å². The van der Waals surface area contributed by atoms with E-state index in [2.05, 4.69) is 20.9 Å². The minimum Gasteiger partial charge on any atom is -0.507 e. The lowest BCUT2D eigenvalue weighted by Crippen LogP contribution is -2.31. The fraction of sp³-hybridized carbons (Fsp3) is 0.143. The van der Waals surface area contributed by atoms with Crippen molar-refractivity contribution in [2.24, 2.45) is 0 Å². The lowest BCUT2D eigenvalue weighted by atomic mass is 9.95. The van der Waals surface area contributed by atoms with Crippen molar-refractivity contribution in [1.82, 2.24) is 9.88 Å². The van der Waals surface area contributed by atoms with Crippen molar-refractivity contribution in [2.75, 3.05) is 13.7 Å². The molecule has 1 aliphatic rings. The first-order valence-electron chi connectivity index (χ1n) is 11.4. The van der Waals surface area contributed by atoms with E-state index in [0.717, 1.165) is 26.7 Å². The van der Waals surface area contributed by atoms with Crippen molar-refractivity contribution in [2.45, 2.75) is 12.5 Å². The number of aromatic amines is 1. The summed E-state index contributed by atoms with van der Waals surface area (Å²) < 4.78 is 6.21. The number of nitrogens with zero attached hydrogens (tertiary/aromatic N) is 1. The highest BCUT2D eigenvalue weighted by atomic mass is 79.9. The Hall–Kier alpha value is -3.26. The molecule has 4 aromatic rings. The third-order valence-corrected chi connectivity index (χ3v) is 7.59. The standard InChI is InChI=1S/C28H21BrCl2N2O4/c1-37-19-7-9-23-21(13-19)16(14-32-23)10-11-33-25(15-2-4-17(29)5-3-15)24(27(35)28(33)36)26(34)20-8-6-18(30)12-22(20)31/h2-9,12-14,25,32,34H,10-11H2,1H3/b26-24-. The number of nitrogens with one attached hydrogen (secondary N) is 1. The van der Waals surface area contributed by atoms with Gasteiger partial charge in [0.1, 0.15) is 11.5 Å². The van der Waals surface area contributed by atoms with Crippen molar-refractivity contribution in [3.63, 3.8) is 0 Å². The first-order chi connectivity index (χ1) is 17.8. The van der Waals surface area contributed by atoms with Gasteiger partial charge in [0, 0.05) is 38.7 Å². The second kappa shape index (κ2) is 10.2. The monoisotopic (exact) mass is 598 g/mol. The molecule has 3 aromatic carbocycles. The molecule has 37 heavy (non-hydrogen) atoms. The number of halogens is 3. The van der Waals surface area contributed by atoms with Crippen LogP contribution in [0.1, 0.15) is 22.7 Å². The normalized spacial score (nSPS) is 17.1. The fourth-order valence-corrected chi connectivity index (χ4v) is 5.42. The number of H-pyrrole nitrogens is 1. The quantitative estimate of drug-likeness (QED) is 0.143. The molecule has 6 nitrogen and oxygen atoms in total. The number of fused-ring (bicyclic) bond motifs is 1. The Kier molecular flexibility index (Phi) is 7.03. The van der Waals surface area contributed by atoms with Gasteiger partial charge in [-0.2, -0.15) is 0 Å². The van der Waals surface area contributed by atoms with Crippen molar-refractivity contribution in [3.05, 3.63) is 104 Å². The molecule has 0 spiro atoms. The Bertz CT molecular complexity index is 1560. The number of Topliss-reactive ketones (excluding diaryl/α,β-unsaturated/α-hetero) is 1. The van der Waals surface area contributed by atoms with E-state index in [0.29, 0.717) is 17.0 Å². The molecule has 2 N–H and O–H groups in total. The van der Waals surface area contributed by atoms with E-state index >= 15 is 0 Å². The van der Waals surface area contributed by atoms with Crippen LogP contribution in [0, 0.1) is 0 Å². The zero-order valence-electron chi connectivity index (χ0n) is 19.6. The van der Waals surface area contributed by atoms with E-state index in [1.807, 2.05) is 48.7 Å². The maximum absolute atomic E-state index is 13.3. The number of methoxy groups -OCH3 is 1. The van der Waals surface area contributed by atoms with Crippen LogP contribution in [0.4, 0.5) is 0 Å².